The van der Waals surface area contributed by atoms with Gasteiger partial charge >= 0.3 is 0 Å². The summed E-state index contributed by atoms with van der Waals surface area (Å²) in [7, 11) is 3.07. The molecule has 0 atom stereocenters. The lowest BCUT2D eigenvalue weighted by molar-refractivity contribution is -0.120. The number of nitrogens with zero attached hydrogens (tertiary/aromatic N) is 2. The molecule has 2 amide bonds. The largest absolute Gasteiger partial charge is 0.495 e. The van der Waals surface area contributed by atoms with Crippen LogP contribution in [0, 0.1) is 5.82 Å². The number of likely N-dealkylation sites (N-methyl/N-ethyl adjacent to an activating group) is 1. The van der Waals surface area contributed by atoms with E-state index in [1.807, 2.05) is 0 Å². The first-order chi connectivity index (χ1) is 13.0. The fourth-order valence-electron chi connectivity index (χ4n) is 3.04. The summed E-state index contributed by atoms with van der Waals surface area (Å²) in [5, 5.41) is 9.26. The van der Waals surface area contributed by atoms with E-state index in [0.29, 0.717) is 17.0 Å². The van der Waals surface area contributed by atoms with Crippen LogP contribution < -0.4 is 9.64 Å². The number of carbonyl (C=O) groups is 2. The lowest BCUT2D eigenvalue weighted by atomic mass is 10.0. The van der Waals surface area contributed by atoms with E-state index in [1.165, 1.54) is 36.3 Å². The number of aliphatic hydroxyl groups is 1. The first-order valence-corrected chi connectivity index (χ1v) is 8.33. The third-order valence-corrected chi connectivity index (χ3v) is 4.34. The number of anilines is 1. The summed E-state index contributed by atoms with van der Waals surface area (Å²) < 4.78 is 18.6. The smallest absolute Gasteiger partial charge is 0.282 e. The zero-order chi connectivity index (χ0) is 19.6. The molecule has 7 heteroatoms. The summed E-state index contributed by atoms with van der Waals surface area (Å²) in [5.41, 5.74) is 1.04. The van der Waals surface area contributed by atoms with Crippen molar-refractivity contribution in [2.24, 2.45) is 0 Å². The summed E-state index contributed by atoms with van der Waals surface area (Å²) in [4.78, 5) is 28.9. The Labute approximate surface area is 156 Å². The van der Waals surface area contributed by atoms with Gasteiger partial charge in [0.25, 0.3) is 11.8 Å². The van der Waals surface area contributed by atoms with Gasteiger partial charge in [-0.1, -0.05) is 24.3 Å². The Hall–Kier alpha value is -3.19. The van der Waals surface area contributed by atoms with Crippen LogP contribution in [0.3, 0.4) is 0 Å². The van der Waals surface area contributed by atoms with Crippen molar-refractivity contribution in [1.29, 1.82) is 0 Å². The molecule has 0 saturated carbocycles. The molecule has 0 unspecified atom stereocenters. The van der Waals surface area contributed by atoms with Crippen LogP contribution in [-0.4, -0.2) is 49.1 Å². The highest BCUT2D eigenvalue weighted by Gasteiger charge is 2.42. The molecule has 6 nitrogen and oxygen atoms in total. The number of amides is 2. The topological polar surface area (TPSA) is 70.1 Å². The minimum absolute atomic E-state index is 0.145. The van der Waals surface area contributed by atoms with Gasteiger partial charge in [0, 0.05) is 13.6 Å². The first kappa shape index (κ1) is 18.6. The van der Waals surface area contributed by atoms with Gasteiger partial charge in [0.05, 0.1) is 25.0 Å². The minimum Gasteiger partial charge on any atom is -0.495 e. The average molecular weight is 370 g/mol. The minimum atomic E-state index is -0.532. The van der Waals surface area contributed by atoms with Gasteiger partial charge in [-0.3, -0.25) is 9.59 Å². The predicted octanol–water partition coefficient (Wildman–Crippen LogP) is 2.04. The number of carbonyl (C=O) groups excluding carboxylic acids is 2. The molecule has 2 aromatic carbocycles. The molecule has 1 aliphatic rings. The van der Waals surface area contributed by atoms with Crippen LogP contribution in [0.15, 0.2) is 54.2 Å². The van der Waals surface area contributed by atoms with E-state index in [2.05, 4.69) is 0 Å². The summed E-state index contributed by atoms with van der Waals surface area (Å²) in [6, 6.07) is 12.1. The number of para-hydroxylation sites is 2. The highest BCUT2D eigenvalue weighted by atomic mass is 19.1. The van der Waals surface area contributed by atoms with Crippen LogP contribution in [0.4, 0.5) is 10.1 Å². The van der Waals surface area contributed by atoms with Crippen molar-refractivity contribution in [3.05, 3.63) is 65.6 Å². The quantitative estimate of drug-likeness (QED) is 0.788. The molecular formula is C20H19FN2O4. The number of hydrogen-bond donors (Lipinski definition) is 1. The molecule has 0 saturated heterocycles. The summed E-state index contributed by atoms with van der Waals surface area (Å²) in [6.07, 6.45) is 0. The fourth-order valence-corrected chi connectivity index (χ4v) is 3.04. The Morgan fingerprint density at radius 1 is 1.07 bits per heavy atom. The third kappa shape index (κ3) is 3.29. The van der Waals surface area contributed by atoms with Gasteiger partial charge in [0.2, 0.25) is 0 Å². The van der Waals surface area contributed by atoms with E-state index in [0.717, 1.165) is 4.90 Å². The number of ether oxygens (including phenoxy) is 1. The zero-order valence-electron chi connectivity index (χ0n) is 15.0. The van der Waals surface area contributed by atoms with Gasteiger partial charge in [0.15, 0.2) is 0 Å². The van der Waals surface area contributed by atoms with Crippen molar-refractivity contribution >= 4 is 23.1 Å². The van der Waals surface area contributed by atoms with Gasteiger partial charge in [-0.15, -0.1) is 0 Å². The second-order valence-electron chi connectivity index (χ2n) is 5.99. The Balaban J connectivity index is 2.15. The number of benzene rings is 2. The van der Waals surface area contributed by atoms with Gasteiger partial charge < -0.3 is 14.7 Å². The highest BCUT2D eigenvalue weighted by Crippen LogP contribution is 2.38. The third-order valence-electron chi connectivity index (χ3n) is 4.34. The summed E-state index contributed by atoms with van der Waals surface area (Å²) in [6.45, 7) is -0.0222. The van der Waals surface area contributed by atoms with Crippen LogP contribution in [0.1, 0.15) is 5.56 Å². The SMILES string of the molecule is COc1ccccc1N1C(=O)C(c2ccc(F)cc2)=C(N(C)CCO)C1=O. The van der Waals surface area contributed by atoms with Gasteiger partial charge in [-0.05, 0) is 29.8 Å². The van der Waals surface area contributed by atoms with E-state index < -0.39 is 17.6 Å². The van der Waals surface area contributed by atoms with Crippen LogP contribution >= 0.6 is 0 Å². The molecule has 0 aromatic heterocycles. The highest BCUT2D eigenvalue weighted by molar-refractivity contribution is 6.45. The molecule has 0 fully saturated rings. The van der Waals surface area contributed by atoms with Crippen molar-refractivity contribution in [3.8, 4) is 5.75 Å². The Bertz CT molecular complexity index is 908. The molecule has 1 N–H and O–H groups in total. The standard InChI is InChI=1S/C20H19FN2O4/c1-22(11-12-24)18-17(13-7-9-14(21)10-8-13)19(25)23(20(18)26)15-5-3-4-6-16(15)27-2/h3-10,24H,11-12H2,1-2H3. The molecule has 27 heavy (non-hydrogen) atoms. The number of methoxy groups -OCH3 is 1. The molecule has 140 valence electrons. The Kier molecular flexibility index (Phi) is 5.23. The number of hydrogen-bond acceptors (Lipinski definition) is 5. The van der Waals surface area contributed by atoms with Crippen molar-refractivity contribution in [2.75, 3.05) is 32.2 Å². The predicted molar refractivity (Wildman–Crippen MR) is 98.5 cm³/mol. The van der Waals surface area contributed by atoms with E-state index in [9.17, 15) is 19.1 Å². The second-order valence-corrected chi connectivity index (χ2v) is 5.99. The van der Waals surface area contributed by atoms with E-state index >= 15 is 0 Å². The molecule has 0 spiro atoms. The summed E-state index contributed by atoms with van der Waals surface area (Å²) in [5.74, 6) is -1.12. The van der Waals surface area contributed by atoms with E-state index in [1.54, 1.807) is 31.3 Å². The van der Waals surface area contributed by atoms with Gasteiger partial charge in [-0.2, -0.15) is 0 Å². The zero-order valence-corrected chi connectivity index (χ0v) is 15.0. The fraction of sp³-hybridized carbons (Fsp3) is 0.200. The lowest BCUT2D eigenvalue weighted by Crippen LogP contribution is -2.35. The normalized spacial score (nSPS) is 14.1. The first-order valence-electron chi connectivity index (χ1n) is 8.33. The molecule has 3 rings (SSSR count). The van der Waals surface area contributed by atoms with Crippen molar-refractivity contribution < 1.29 is 23.8 Å². The Morgan fingerprint density at radius 2 is 1.74 bits per heavy atom. The molecule has 0 radical (unpaired) electrons. The van der Waals surface area contributed by atoms with Crippen molar-refractivity contribution in [2.45, 2.75) is 0 Å². The maximum atomic E-state index is 13.3. The Morgan fingerprint density at radius 3 is 2.37 bits per heavy atom. The summed E-state index contributed by atoms with van der Waals surface area (Å²) >= 11 is 0. The molecule has 0 bridgehead atoms. The molecule has 1 aliphatic heterocycles. The van der Waals surface area contributed by atoms with Gasteiger partial charge in [-0.25, -0.2) is 9.29 Å². The maximum Gasteiger partial charge on any atom is 0.282 e. The number of rotatable bonds is 6. The number of aliphatic hydroxyl groups excluding tert-OH is 1. The van der Waals surface area contributed by atoms with Gasteiger partial charge in [0.1, 0.15) is 17.3 Å². The average Bonchev–Trinajstić information content (AvgIpc) is 2.93. The number of halogens is 1. The van der Waals surface area contributed by atoms with Crippen LogP contribution in [-0.2, 0) is 9.59 Å². The number of imide groups is 1. The molecule has 0 aliphatic carbocycles. The molecular weight excluding hydrogens is 351 g/mol. The van der Waals surface area contributed by atoms with Crippen LogP contribution in [0.25, 0.3) is 5.57 Å². The second kappa shape index (κ2) is 7.59. The van der Waals surface area contributed by atoms with Crippen LogP contribution in [0.5, 0.6) is 5.75 Å². The van der Waals surface area contributed by atoms with Crippen molar-refractivity contribution in [3.63, 3.8) is 0 Å². The van der Waals surface area contributed by atoms with Crippen LogP contribution in [0.2, 0.25) is 0 Å². The molecule has 2 aromatic rings. The monoisotopic (exact) mass is 370 g/mol. The molecule has 1 heterocycles. The van der Waals surface area contributed by atoms with Crippen molar-refractivity contribution in [1.82, 2.24) is 4.90 Å². The lowest BCUT2D eigenvalue weighted by Gasteiger charge is -2.21. The maximum absolute atomic E-state index is 13.3. The van der Waals surface area contributed by atoms with E-state index in [-0.39, 0.29) is 24.4 Å². The van der Waals surface area contributed by atoms with E-state index in [4.69, 9.17) is 4.74 Å².